The molecule has 0 N–H and O–H groups in total. The molecule has 0 atom stereocenters. The number of nitrogens with zero attached hydrogens (tertiary/aromatic N) is 5. The molecule has 0 fully saturated rings. The van der Waals surface area contributed by atoms with Gasteiger partial charge in [-0.05, 0) is 124 Å². The number of hydrogen-bond acceptors (Lipinski definition) is 3. The largest absolute Gasteiger partial charge is 0.311 e. The van der Waals surface area contributed by atoms with Gasteiger partial charge in [0, 0.05) is 50.0 Å². The van der Waals surface area contributed by atoms with Crippen molar-refractivity contribution in [3.05, 3.63) is 288 Å². The summed E-state index contributed by atoms with van der Waals surface area (Å²) in [5.74, 6) is 0. The highest BCUT2D eigenvalue weighted by Gasteiger charge is 2.46. The van der Waals surface area contributed by atoms with E-state index >= 15 is 0 Å². The molecule has 70 heavy (non-hydrogen) atoms. The van der Waals surface area contributed by atoms with Crippen molar-refractivity contribution in [1.29, 1.82) is 5.26 Å². The molecule has 0 saturated carbocycles. The minimum absolute atomic E-state index is 0.570. The fraction of sp³-hybridized carbons (Fsp3) is 0.0154. The van der Waals surface area contributed by atoms with Gasteiger partial charge in [0.25, 0.3) is 0 Å². The van der Waals surface area contributed by atoms with Gasteiger partial charge in [-0.15, -0.1) is 0 Å². The van der Waals surface area contributed by atoms with Gasteiger partial charge in [0.1, 0.15) is 0 Å². The summed E-state index contributed by atoms with van der Waals surface area (Å²) in [6, 6.07) is 90.4. The number of rotatable bonds is 9. The van der Waals surface area contributed by atoms with E-state index in [2.05, 4.69) is 225 Å². The molecular weight excluding hydrogens is 851 g/mol. The highest BCUT2D eigenvalue weighted by atomic mass is 15.2. The first-order valence-corrected chi connectivity index (χ1v) is 23.5. The highest BCUT2D eigenvalue weighted by Crippen LogP contribution is 2.57. The Bertz CT molecular complexity index is 3820. The van der Waals surface area contributed by atoms with Crippen LogP contribution >= 0.6 is 0 Å². The van der Waals surface area contributed by atoms with Crippen LogP contribution in [-0.4, -0.2) is 4.57 Å². The van der Waals surface area contributed by atoms with Crippen molar-refractivity contribution in [3.63, 3.8) is 0 Å². The Kier molecular flexibility index (Phi) is 9.44. The number of anilines is 6. The van der Waals surface area contributed by atoms with Gasteiger partial charge < -0.3 is 14.4 Å². The van der Waals surface area contributed by atoms with E-state index in [4.69, 9.17) is 6.57 Å². The highest BCUT2D eigenvalue weighted by molar-refractivity contribution is 6.29. The first-order chi connectivity index (χ1) is 34.6. The maximum Gasteiger partial charge on any atom is 0.189 e. The smallest absolute Gasteiger partial charge is 0.189 e. The summed E-state index contributed by atoms with van der Waals surface area (Å²) in [6.07, 6.45) is 0. The van der Waals surface area contributed by atoms with E-state index in [1.165, 1.54) is 33.4 Å². The maximum absolute atomic E-state index is 10.1. The Morgan fingerprint density at radius 2 is 0.929 bits per heavy atom. The average molecular weight is 892 g/mol. The zero-order chi connectivity index (χ0) is 46.8. The first-order valence-electron chi connectivity index (χ1n) is 23.5. The van der Waals surface area contributed by atoms with Crippen LogP contribution in [0.1, 0.15) is 27.8 Å². The maximum atomic E-state index is 10.1. The van der Waals surface area contributed by atoms with Crippen LogP contribution in [0.2, 0.25) is 0 Å². The molecule has 0 unspecified atom stereocenters. The van der Waals surface area contributed by atoms with Crippen molar-refractivity contribution >= 4 is 72.4 Å². The number of fused-ring (bicyclic) bond motifs is 3. The number of nitriles is 1. The van der Waals surface area contributed by atoms with Crippen molar-refractivity contribution in [2.75, 3.05) is 9.80 Å². The van der Waals surface area contributed by atoms with Crippen molar-refractivity contribution in [3.8, 4) is 22.9 Å². The number of benzene rings is 11. The Labute approximate surface area is 406 Å². The van der Waals surface area contributed by atoms with Crippen LogP contribution < -0.4 is 9.80 Å². The number of para-hydroxylation sites is 2. The van der Waals surface area contributed by atoms with Gasteiger partial charge in [-0.1, -0.05) is 158 Å². The van der Waals surface area contributed by atoms with Crippen LogP contribution in [-0.2, 0) is 5.41 Å². The number of hydrogen-bond donors (Lipinski definition) is 0. The third-order valence-corrected chi connectivity index (χ3v) is 14.2. The molecule has 11 aromatic carbocycles. The second-order valence-electron chi connectivity index (χ2n) is 17.8. The topological polar surface area (TPSA) is 39.6 Å². The molecule has 0 amide bonds. The predicted molar refractivity (Wildman–Crippen MR) is 287 cm³/mol. The van der Waals surface area contributed by atoms with Gasteiger partial charge in [-0.3, -0.25) is 0 Å². The van der Waals surface area contributed by atoms with E-state index in [9.17, 15) is 5.26 Å². The van der Waals surface area contributed by atoms with E-state index < -0.39 is 5.41 Å². The van der Waals surface area contributed by atoms with Gasteiger partial charge in [0.15, 0.2) is 5.69 Å². The lowest BCUT2D eigenvalue weighted by Gasteiger charge is -2.34. The van der Waals surface area contributed by atoms with E-state index in [-0.39, 0.29) is 0 Å². The van der Waals surface area contributed by atoms with Gasteiger partial charge >= 0.3 is 0 Å². The molecule has 1 aromatic heterocycles. The van der Waals surface area contributed by atoms with Crippen LogP contribution in [0.5, 0.6) is 0 Å². The van der Waals surface area contributed by atoms with Crippen molar-refractivity contribution < 1.29 is 0 Å². The minimum atomic E-state index is -0.570. The molecule has 12 aromatic rings. The van der Waals surface area contributed by atoms with Crippen LogP contribution in [0, 0.1) is 17.9 Å². The Balaban J connectivity index is 1.13. The van der Waals surface area contributed by atoms with E-state index in [1.54, 1.807) is 0 Å². The minimum Gasteiger partial charge on any atom is -0.311 e. The zero-order valence-corrected chi connectivity index (χ0v) is 37.9. The third-order valence-electron chi connectivity index (χ3n) is 14.2. The Morgan fingerprint density at radius 1 is 0.429 bits per heavy atom. The van der Waals surface area contributed by atoms with E-state index in [0.29, 0.717) is 11.3 Å². The lowest BCUT2D eigenvalue weighted by molar-refractivity contribution is 0.767. The standard InChI is InChI=1S/C65H41N5/c1-67-47-23-17-29-51(41-47)69(49-26-12-5-13-27-49)60-37-39-62-64-56(60)35-34-55-59(68(48-24-10-4-11-25-48)50-28-16-18-44(40-50)43-66)36-38-61(63(55)64)70(62)52-32-33-54-53-30-14-15-31-57(53)65(58(54)42-52,45-19-6-2-7-20-45)46-21-8-3-9-22-46/h2-42H. The first kappa shape index (κ1) is 40.6. The summed E-state index contributed by atoms with van der Waals surface area (Å²) in [5, 5.41) is 14.5. The molecule has 5 heteroatoms. The average Bonchev–Trinajstić information content (AvgIpc) is 3.93. The second-order valence-corrected chi connectivity index (χ2v) is 17.8. The van der Waals surface area contributed by atoms with Crippen LogP contribution in [0.15, 0.2) is 249 Å². The van der Waals surface area contributed by atoms with Gasteiger partial charge in [0.05, 0.1) is 46.0 Å². The summed E-state index contributed by atoms with van der Waals surface area (Å²) in [7, 11) is 0. The summed E-state index contributed by atoms with van der Waals surface area (Å²) in [5.41, 5.74) is 17.0. The molecule has 0 spiro atoms. The van der Waals surface area contributed by atoms with Gasteiger partial charge in [0.2, 0.25) is 0 Å². The Hall–Kier alpha value is -9.68. The molecule has 5 nitrogen and oxygen atoms in total. The quantitative estimate of drug-likeness (QED) is 0.107. The fourth-order valence-electron chi connectivity index (χ4n) is 11.4. The molecular formula is C65H41N5. The monoisotopic (exact) mass is 891 g/mol. The zero-order valence-electron chi connectivity index (χ0n) is 37.9. The molecule has 326 valence electrons. The SMILES string of the molecule is [C-]#[N+]c1cccc(N(c2ccccc2)c2ccc3c4c2ccc2c(N(c5ccccc5)c5cccc(C#N)c5)ccc(c24)n3-c2ccc3c(c2)C(c2ccccc2)(c2ccccc2)c2ccccc2-3)c1. The summed E-state index contributed by atoms with van der Waals surface area (Å²) in [4.78, 5) is 8.38. The van der Waals surface area contributed by atoms with Gasteiger partial charge in [-0.25, -0.2) is 4.85 Å². The fourth-order valence-corrected chi connectivity index (χ4v) is 11.4. The lowest BCUT2D eigenvalue weighted by atomic mass is 9.67. The molecule has 13 rings (SSSR count). The van der Waals surface area contributed by atoms with Crippen molar-refractivity contribution in [2.24, 2.45) is 0 Å². The summed E-state index contributed by atoms with van der Waals surface area (Å²) >= 11 is 0. The summed E-state index contributed by atoms with van der Waals surface area (Å²) < 4.78 is 2.46. The predicted octanol–water partition coefficient (Wildman–Crippen LogP) is 17.1. The number of aromatic nitrogens is 1. The molecule has 1 heterocycles. The van der Waals surface area contributed by atoms with E-state index in [1.807, 2.05) is 48.5 Å². The molecule has 0 bridgehead atoms. The van der Waals surface area contributed by atoms with Gasteiger partial charge in [-0.2, -0.15) is 5.26 Å². The normalized spacial score (nSPS) is 12.4. The lowest BCUT2D eigenvalue weighted by Crippen LogP contribution is -2.28. The third kappa shape index (κ3) is 6.09. The molecule has 0 aliphatic heterocycles. The molecule has 1 aliphatic rings. The molecule has 0 radical (unpaired) electrons. The summed E-state index contributed by atoms with van der Waals surface area (Å²) in [6.45, 7) is 7.94. The van der Waals surface area contributed by atoms with E-state index in [0.717, 1.165) is 72.4 Å². The van der Waals surface area contributed by atoms with Crippen LogP contribution in [0.3, 0.4) is 0 Å². The van der Waals surface area contributed by atoms with Crippen LogP contribution in [0.4, 0.5) is 39.8 Å². The van der Waals surface area contributed by atoms with Crippen LogP contribution in [0.25, 0.3) is 54.2 Å². The molecule has 1 aliphatic carbocycles. The Morgan fingerprint density at radius 3 is 1.50 bits per heavy atom. The molecule has 0 saturated heterocycles. The second kappa shape index (κ2) is 16.3. The van der Waals surface area contributed by atoms with Crippen molar-refractivity contribution in [2.45, 2.75) is 5.41 Å². The van der Waals surface area contributed by atoms with Crippen molar-refractivity contribution in [1.82, 2.24) is 4.57 Å².